The van der Waals surface area contributed by atoms with Crippen molar-refractivity contribution in [1.82, 2.24) is 20.9 Å². The molecule has 3 aliphatic rings. The maximum absolute atomic E-state index is 13.4. The van der Waals surface area contributed by atoms with Crippen molar-refractivity contribution in [3.63, 3.8) is 0 Å². The van der Waals surface area contributed by atoms with Gasteiger partial charge in [-0.05, 0) is 87.1 Å². The van der Waals surface area contributed by atoms with Crippen LogP contribution in [0.3, 0.4) is 0 Å². The first-order valence-corrected chi connectivity index (χ1v) is 17.7. The zero-order chi connectivity index (χ0) is 35.8. The van der Waals surface area contributed by atoms with E-state index in [4.69, 9.17) is 11.3 Å². The third-order valence-corrected chi connectivity index (χ3v) is 11.0. The number of allylic oxidation sites excluding steroid dienone is 3. The standard InChI is InChI=1S/C38H55N9O2/c1-7-43-35(49)30-15-16-33-29(21-30)14-13-28(17-18-37(4,5)26(3)42-6)25(2)38(33,36(40)45-46-41)22-31(20-27-10-8-11-27)44-24-34(48)47-19-9-12-32(47)23-39/h15-18,21,27,31-32,42,44H,3,7-14,19-20,22,24H2,1-2,4-6H3,(H,43,49)(H3,40,41,45)/b18-17-. The van der Waals surface area contributed by atoms with Gasteiger partial charge in [-0.25, -0.2) is 0 Å². The lowest BCUT2D eigenvalue weighted by Crippen LogP contribution is -2.50. The zero-order valence-corrected chi connectivity index (χ0v) is 30.0. The molecule has 1 aromatic carbocycles. The number of hydrogen-bond donors (Lipinski definition) is 5. The van der Waals surface area contributed by atoms with E-state index >= 15 is 0 Å². The number of likely N-dealkylation sites (tertiary alicyclic amines) is 1. The number of hydrogen-bond acceptors (Lipinski definition) is 7. The van der Waals surface area contributed by atoms with Crippen LogP contribution in [-0.2, 0) is 16.6 Å². The smallest absolute Gasteiger partial charge is 0.251 e. The summed E-state index contributed by atoms with van der Waals surface area (Å²) in [6, 6.07) is 7.55. The summed E-state index contributed by atoms with van der Waals surface area (Å²) in [5.74, 6) is 0.509. The predicted octanol–water partition coefficient (Wildman–Crippen LogP) is 5.61. The summed E-state index contributed by atoms with van der Waals surface area (Å²) >= 11 is 0. The van der Waals surface area contributed by atoms with Gasteiger partial charge in [-0.15, -0.1) is 5.10 Å². The van der Waals surface area contributed by atoms with Gasteiger partial charge in [-0.1, -0.05) is 68.7 Å². The fraction of sp³-hybridized carbons (Fsp3) is 0.579. The van der Waals surface area contributed by atoms with Gasteiger partial charge in [0.05, 0.1) is 18.0 Å². The number of amides is 2. The topological polar surface area (TPSA) is 172 Å². The van der Waals surface area contributed by atoms with Crippen LogP contribution in [-0.4, -0.2) is 61.3 Å². The Morgan fingerprint density at radius 2 is 2.02 bits per heavy atom. The third kappa shape index (κ3) is 8.30. The number of aryl methyl sites for hydroxylation is 1. The third-order valence-electron chi connectivity index (χ3n) is 11.0. The number of rotatable bonds is 15. The van der Waals surface area contributed by atoms with E-state index in [2.05, 4.69) is 71.8 Å². The molecule has 3 atom stereocenters. The molecule has 1 saturated carbocycles. The highest BCUT2D eigenvalue weighted by atomic mass is 16.2. The van der Waals surface area contributed by atoms with Gasteiger partial charge >= 0.3 is 0 Å². The normalized spacial score (nSPS) is 22.2. The van der Waals surface area contributed by atoms with Gasteiger partial charge in [-0.2, -0.15) is 10.8 Å². The first-order chi connectivity index (χ1) is 23.4. The fourth-order valence-electron chi connectivity index (χ4n) is 7.60. The Bertz CT molecular complexity index is 1550. The van der Waals surface area contributed by atoms with Crippen molar-refractivity contribution < 1.29 is 9.59 Å². The van der Waals surface area contributed by atoms with Crippen molar-refractivity contribution in [2.24, 2.45) is 27.4 Å². The number of nitrogens with two attached hydrogens (primary N) is 1. The van der Waals surface area contributed by atoms with Crippen molar-refractivity contribution in [3.8, 4) is 6.07 Å². The van der Waals surface area contributed by atoms with Gasteiger partial charge in [0.25, 0.3) is 5.91 Å². The SMILES string of the molecule is C=C(NC)C(C)(C)/C=C\C1=C(C)C(CC(CC2CCC2)NCC(=O)N2CCCC2C#N)(C(N)=NN=N)c2ccc(C(=O)NCC)cc2CC1. The Labute approximate surface area is 292 Å². The molecule has 11 nitrogen and oxygen atoms in total. The molecule has 4 rings (SSSR count). The second kappa shape index (κ2) is 16.4. The molecule has 0 bridgehead atoms. The highest BCUT2D eigenvalue weighted by molar-refractivity contribution is 5.98. The van der Waals surface area contributed by atoms with Gasteiger partial charge in [0, 0.05) is 42.9 Å². The Morgan fingerprint density at radius 1 is 1.27 bits per heavy atom. The van der Waals surface area contributed by atoms with Gasteiger partial charge < -0.3 is 26.6 Å². The number of nitrogens with one attached hydrogen (secondary N) is 4. The molecule has 11 heteroatoms. The van der Waals surface area contributed by atoms with Crippen molar-refractivity contribution in [3.05, 3.63) is 70.5 Å². The zero-order valence-electron chi connectivity index (χ0n) is 30.0. The van der Waals surface area contributed by atoms with Crippen LogP contribution in [0.2, 0.25) is 0 Å². The van der Waals surface area contributed by atoms with Crippen LogP contribution in [0.15, 0.2) is 64.1 Å². The van der Waals surface area contributed by atoms with Gasteiger partial charge in [0.2, 0.25) is 5.91 Å². The Balaban J connectivity index is 1.86. The minimum atomic E-state index is -0.979. The van der Waals surface area contributed by atoms with Crippen molar-refractivity contribution >= 4 is 17.6 Å². The quantitative estimate of drug-likeness (QED) is 0.0703. The number of benzene rings is 1. The largest absolute Gasteiger partial charge is 0.391 e. The Hall–Kier alpha value is -4.30. The fourth-order valence-corrected chi connectivity index (χ4v) is 7.60. The van der Waals surface area contributed by atoms with E-state index in [1.807, 2.05) is 32.2 Å². The highest BCUT2D eigenvalue weighted by Crippen LogP contribution is 2.46. The van der Waals surface area contributed by atoms with Crippen LogP contribution < -0.4 is 21.7 Å². The van der Waals surface area contributed by atoms with Crippen molar-refractivity contribution in [2.75, 3.05) is 26.7 Å². The van der Waals surface area contributed by atoms with E-state index in [1.54, 1.807) is 4.90 Å². The molecule has 0 aromatic heterocycles. The minimum absolute atomic E-state index is 0.0739. The molecule has 2 amide bonds. The average molecular weight is 670 g/mol. The van der Waals surface area contributed by atoms with E-state index in [1.165, 1.54) is 6.42 Å². The van der Waals surface area contributed by atoms with E-state index in [9.17, 15) is 14.9 Å². The van der Waals surface area contributed by atoms with Crippen LogP contribution in [0.4, 0.5) is 0 Å². The summed E-state index contributed by atoms with van der Waals surface area (Å²) in [6.07, 6.45) is 12.0. The lowest BCUT2D eigenvalue weighted by molar-refractivity contribution is -0.130. The molecular formula is C38H55N9O2. The summed E-state index contributed by atoms with van der Waals surface area (Å²) in [5, 5.41) is 27.0. The molecule has 49 heavy (non-hydrogen) atoms. The molecule has 3 unspecified atom stereocenters. The van der Waals surface area contributed by atoms with Gasteiger partial charge in [-0.3, -0.25) is 9.59 Å². The van der Waals surface area contributed by atoms with Crippen LogP contribution in [0.1, 0.15) is 101 Å². The molecular weight excluding hydrogens is 614 g/mol. The monoisotopic (exact) mass is 669 g/mol. The van der Waals surface area contributed by atoms with Crippen LogP contribution in [0.5, 0.6) is 0 Å². The average Bonchev–Trinajstić information content (AvgIpc) is 3.52. The molecule has 1 heterocycles. The Morgan fingerprint density at radius 3 is 2.65 bits per heavy atom. The molecule has 1 aromatic rings. The van der Waals surface area contributed by atoms with Gasteiger partial charge in [0.1, 0.15) is 11.9 Å². The molecule has 1 saturated heterocycles. The molecule has 0 radical (unpaired) electrons. The number of amidine groups is 1. The maximum atomic E-state index is 13.4. The lowest BCUT2D eigenvalue weighted by atomic mass is 9.66. The van der Waals surface area contributed by atoms with E-state index in [0.29, 0.717) is 50.3 Å². The summed E-state index contributed by atoms with van der Waals surface area (Å²) in [5.41, 5.74) is 18.9. The van der Waals surface area contributed by atoms with Crippen molar-refractivity contribution in [2.45, 2.75) is 103 Å². The molecule has 2 fully saturated rings. The second-order valence-corrected chi connectivity index (χ2v) is 14.3. The van der Waals surface area contributed by atoms with Crippen LogP contribution in [0, 0.1) is 28.2 Å². The number of carbonyl (C=O) groups excluding carboxylic acids is 2. The lowest BCUT2D eigenvalue weighted by Gasteiger charge is -2.41. The minimum Gasteiger partial charge on any atom is -0.391 e. The van der Waals surface area contributed by atoms with Gasteiger partial charge in [0.15, 0.2) is 0 Å². The molecule has 6 N–H and O–H groups in total. The van der Waals surface area contributed by atoms with Crippen molar-refractivity contribution in [1.29, 1.82) is 10.8 Å². The van der Waals surface area contributed by atoms with Crippen LogP contribution in [0.25, 0.3) is 0 Å². The number of fused-ring (bicyclic) bond motifs is 1. The predicted molar refractivity (Wildman–Crippen MR) is 194 cm³/mol. The summed E-state index contributed by atoms with van der Waals surface area (Å²) in [6.45, 7) is 13.6. The second-order valence-electron chi connectivity index (χ2n) is 14.3. The highest BCUT2D eigenvalue weighted by Gasteiger charge is 2.45. The first-order valence-electron chi connectivity index (χ1n) is 17.7. The molecule has 2 aliphatic carbocycles. The molecule has 0 spiro atoms. The Kier molecular flexibility index (Phi) is 12.6. The van der Waals surface area contributed by atoms with Crippen LogP contribution >= 0.6 is 0 Å². The number of nitriles is 1. The summed E-state index contributed by atoms with van der Waals surface area (Å²) in [7, 11) is 1.87. The summed E-state index contributed by atoms with van der Waals surface area (Å²) < 4.78 is 0. The summed E-state index contributed by atoms with van der Waals surface area (Å²) in [4.78, 5) is 28.1. The van der Waals surface area contributed by atoms with E-state index in [-0.39, 0.29) is 41.7 Å². The number of nitrogens with zero attached hydrogens (tertiary/aromatic N) is 4. The number of carbonyl (C=O) groups is 2. The first kappa shape index (κ1) is 37.5. The maximum Gasteiger partial charge on any atom is 0.251 e. The van der Waals surface area contributed by atoms with E-state index in [0.717, 1.165) is 53.7 Å². The molecule has 264 valence electrons. The molecule has 1 aliphatic heterocycles. The van der Waals surface area contributed by atoms with E-state index < -0.39 is 5.41 Å².